The molecule has 0 radical (unpaired) electrons. The first-order valence-electron chi connectivity index (χ1n) is 8.78. The first-order chi connectivity index (χ1) is 9.99. The largest absolute Gasteiger partial charge is 0.355 e. The number of hydrogen-bond acceptors (Lipinski definition) is 2. The van der Waals surface area contributed by atoms with Crippen LogP contribution in [0, 0.1) is 24.7 Å². The molecule has 1 N–H and O–H groups in total. The number of hydrogen-bond donors (Lipinski definition) is 1. The van der Waals surface area contributed by atoms with Crippen LogP contribution < -0.4 is 5.32 Å². The van der Waals surface area contributed by atoms with Crippen LogP contribution in [0.3, 0.4) is 0 Å². The minimum Gasteiger partial charge on any atom is -0.355 e. The van der Waals surface area contributed by atoms with Gasteiger partial charge in [-0.2, -0.15) is 0 Å². The molecule has 1 aliphatic rings. The lowest BCUT2D eigenvalue weighted by Gasteiger charge is -2.28. The number of nitrogens with one attached hydrogen (secondary N) is 1. The Balaban J connectivity index is 2.05. The number of rotatable bonds is 6. The van der Waals surface area contributed by atoms with E-state index in [4.69, 9.17) is 4.98 Å². The highest BCUT2D eigenvalue weighted by molar-refractivity contribution is 5.30. The standard InChI is InChI=1S/C18H33N3/c1-13(2)17(14(3)4)11-19-18-20-15(5)12-21(18)16-9-7-6-8-10-16/h12-14,16-17H,6-11H2,1-5H3,(H,19,20). The van der Waals surface area contributed by atoms with Crippen LogP contribution >= 0.6 is 0 Å². The fraction of sp³-hybridized carbons (Fsp3) is 0.833. The number of imidazole rings is 1. The first-order valence-corrected chi connectivity index (χ1v) is 8.78. The van der Waals surface area contributed by atoms with Crippen molar-refractivity contribution < 1.29 is 0 Å². The minimum absolute atomic E-state index is 0.652. The summed E-state index contributed by atoms with van der Waals surface area (Å²) in [6.45, 7) is 12.4. The van der Waals surface area contributed by atoms with Crippen molar-refractivity contribution in [3.05, 3.63) is 11.9 Å². The predicted octanol–water partition coefficient (Wildman–Crippen LogP) is 5.04. The molecule has 0 amide bonds. The molecule has 1 fully saturated rings. The van der Waals surface area contributed by atoms with Crippen LogP contribution in [0.4, 0.5) is 5.95 Å². The van der Waals surface area contributed by atoms with E-state index in [-0.39, 0.29) is 0 Å². The summed E-state index contributed by atoms with van der Waals surface area (Å²) < 4.78 is 2.41. The quantitative estimate of drug-likeness (QED) is 0.796. The zero-order valence-corrected chi connectivity index (χ0v) is 14.5. The summed E-state index contributed by atoms with van der Waals surface area (Å²) in [6.07, 6.45) is 8.97. The Hall–Kier alpha value is -0.990. The Labute approximate surface area is 130 Å². The summed E-state index contributed by atoms with van der Waals surface area (Å²) in [5, 5.41) is 3.65. The maximum atomic E-state index is 4.73. The van der Waals surface area contributed by atoms with E-state index in [1.54, 1.807) is 0 Å². The number of anilines is 1. The van der Waals surface area contributed by atoms with Crippen molar-refractivity contribution in [1.29, 1.82) is 0 Å². The molecule has 0 atom stereocenters. The van der Waals surface area contributed by atoms with E-state index >= 15 is 0 Å². The molecular formula is C18H33N3. The van der Waals surface area contributed by atoms with Crippen LogP contribution in [0.5, 0.6) is 0 Å². The zero-order valence-electron chi connectivity index (χ0n) is 14.5. The fourth-order valence-corrected chi connectivity index (χ4v) is 3.73. The Kier molecular flexibility index (Phi) is 5.72. The summed E-state index contributed by atoms with van der Waals surface area (Å²) in [5.41, 5.74) is 1.13. The van der Waals surface area contributed by atoms with Crippen LogP contribution in [0.1, 0.15) is 71.5 Å². The van der Waals surface area contributed by atoms with Gasteiger partial charge >= 0.3 is 0 Å². The van der Waals surface area contributed by atoms with Gasteiger partial charge in [-0.05, 0) is 37.5 Å². The fourth-order valence-electron chi connectivity index (χ4n) is 3.73. The summed E-state index contributed by atoms with van der Waals surface area (Å²) in [6, 6.07) is 0.652. The van der Waals surface area contributed by atoms with Gasteiger partial charge in [-0.15, -0.1) is 0 Å². The smallest absolute Gasteiger partial charge is 0.203 e. The zero-order chi connectivity index (χ0) is 15.4. The molecular weight excluding hydrogens is 258 g/mol. The second-order valence-corrected chi connectivity index (χ2v) is 7.44. The van der Waals surface area contributed by atoms with Crippen LogP contribution in [-0.4, -0.2) is 16.1 Å². The SMILES string of the molecule is Cc1cn(C2CCCCC2)c(NCC(C(C)C)C(C)C)n1. The Morgan fingerprint density at radius 2 is 1.76 bits per heavy atom. The van der Waals surface area contributed by atoms with Crippen molar-refractivity contribution in [2.45, 2.75) is 72.8 Å². The van der Waals surface area contributed by atoms with Crippen LogP contribution in [0.15, 0.2) is 6.20 Å². The summed E-state index contributed by atoms with van der Waals surface area (Å²) >= 11 is 0. The topological polar surface area (TPSA) is 29.9 Å². The third kappa shape index (κ3) is 4.24. The Bertz CT molecular complexity index is 420. The number of aryl methyl sites for hydroxylation is 1. The van der Waals surface area contributed by atoms with Gasteiger partial charge in [0, 0.05) is 18.8 Å². The molecule has 1 heterocycles. The molecule has 1 saturated carbocycles. The van der Waals surface area contributed by atoms with Gasteiger partial charge in [-0.25, -0.2) is 4.98 Å². The van der Waals surface area contributed by atoms with E-state index < -0.39 is 0 Å². The van der Waals surface area contributed by atoms with Gasteiger partial charge in [0.15, 0.2) is 0 Å². The van der Waals surface area contributed by atoms with Gasteiger partial charge in [0.25, 0.3) is 0 Å². The number of aromatic nitrogens is 2. The maximum Gasteiger partial charge on any atom is 0.203 e. The molecule has 1 aliphatic carbocycles. The average molecular weight is 291 g/mol. The molecule has 0 saturated heterocycles. The van der Waals surface area contributed by atoms with Crippen LogP contribution in [0.2, 0.25) is 0 Å². The summed E-state index contributed by atoms with van der Waals surface area (Å²) in [7, 11) is 0. The Morgan fingerprint density at radius 3 is 2.33 bits per heavy atom. The van der Waals surface area contributed by atoms with Gasteiger partial charge < -0.3 is 9.88 Å². The number of nitrogens with zero attached hydrogens (tertiary/aromatic N) is 2. The van der Waals surface area contributed by atoms with E-state index in [1.165, 1.54) is 32.1 Å². The third-order valence-corrected chi connectivity index (χ3v) is 5.03. The van der Waals surface area contributed by atoms with Gasteiger partial charge in [0.05, 0.1) is 5.69 Å². The van der Waals surface area contributed by atoms with Gasteiger partial charge in [0.1, 0.15) is 0 Å². The predicted molar refractivity (Wildman–Crippen MR) is 90.7 cm³/mol. The summed E-state index contributed by atoms with van der Waals surface area (Å²) in [4.78, 5) is 4.73. The molecule has 0 aromatic carbocycles. The third-order valence-electron chi connectivity index (χ3n) is 5.03. The Morgan fingerprint density at radius 1 is 1.14 bits per heavy atom. The molecule has 3 nitrogen and oxygen atoms in total. The molecule has 2 rings (SSSR count). The van der Waals surface area contributed by atoms with Crippen molar-refractivity contribution in [2.24, 2.45) is 17.8 Å². The van der Waals surface area contributed by atoms with Crippen LogP contribution in [0.25, 0.3) is 0 Å². The van der Waals surface area contributed by atoms with Crippen molar-refractivity contribution in [3.8, 4) is 0 Å². The first kappa shape index (κ1) is 16.4. The molecule has 21 heavy (non-hydrogen) atoms. The normalized spacial score (nSPS) is 17.1. The second-order valence-electron chi connectivity index (χ2n) is 7.44. The highest BCUT2D eigenvalue weighted by Crippen LogP contribution is 2.31. The lowest BCUT2D eigenvalue weighted by Crippen LogP contribution is -2.26. The molecule has 1 aromatic rings. The van der Waals surface area contributed by atoms with Crippen molar-refractivity contribution >= 4 is 5.95 Å². The van der Waals surface area contributed by atoms with E-state index in [1.807, 2.05) is 0 Å². The van der Waals surface area contributed by atoms with E-state index in [2.05, 4.69) is 50.7 Å². The van der Waals surface area contributed by atoms with Gasteiger partial charge in [-0.1, -0.05) is 47.0 Å². The molecule has 3 heteroatoms. The molecule has 0 bridgehead atoms. The second kappa shape index (κ2) is 7.33. The lowest BCUT2D eigenvalue weighted by atomic mass is 9.85. The maximum absolute atomic E-state index is 4.73. The molecule has 0 spiro atoms. The lowest BCUT2D eigenvalue weighted by molar-refractivity contribution is 0.302. The van der Waals surface area contributed by atoms with Crippen molar-refractivity contribution in [1.82, 2.24) is 9.55 Å². The molecule has 0 unspecified atom stereocenters. The summed E-state index contributed by atoms with van der Waals surface area (Å²) in [5.74, 6) is 3.20. The minimum atomic E-state index is 0.652. The van der Waals surface area contributed by atoms with Crippen molar-refractivity contribution in [2.75, 3.05) is 11.9 Å². The van der Waals surface area contributed by atoms with Crippen molar-refractivity contribution in [3.63, 3.8) is 0 Å². The molecule has 0 aliphatic heterocycles. The highest BCUT2D eigenvalue weighted by atomic mass is 15.2. The average Bonchev–Trinajstić information content (AvgIpc) is 2.80. The molecule has 120 valence electrons. The van der Waals surface area contributed by atoms with E-state index in [0.29, 0.717) is 23.8 Å². The van der Waals surface area contributed by atoms with Gasteiger partial charge in [0.2, 0.25) is 5.95 Å². The van der Waals surface area contributed by atoms with Gasteiger partial charge in [-0.3, -0.25) is 0 Å². The van der Waals surface area contributed by atoms with Crippen LogP contribution in [-0.2, 0) is 0 Å². The highest BCUT2D eigenvalue weighted by Gasteiger charge is 2.21. The monoisotopic (exact) mass is 291 g/mol. The van der Waals surface area contributed by atoms with E-state index in [0.717, 1.165) is 18.2 Å². The van der Waals surface area contributed by atoms with E-state index in [9.17, 15) is 0 Å². The molecule has 1 aromatic heterocycles.